The molecule has 0 aliphatic carbocycles. The van der Waals surface area contributed by atoms with E-state index in [0.29, 0.717) is 18.7 Å². The number of halogens is 2. The maximum Gasteiger partial charge on any atom is 0.253 e. The van der Waals surface area contributed by atoms with Gasteiger partial charge in [-0.25, -0.2) is 0 Å². The first-order chi connectivity index (χ1) is 13.1. The minimum Gasteiger partial charge on any atom is -0.360 e. The van der Waals surface area contributed by atoms with Gasteiger partial charge in [0.2, 0.25) is 0 Å². The first kappa shape index (κ1) is 18.0. The second kappa shape index (κ2) is 7.70. The second-order valence-corrected chi connectivity index (χ2v) is 7.88. The summed E-state index contributed by atoms with van der Waals surface area (Å²) in [5.41, 5.74) is 3.74. The number of rotatable bonds is 5. The van der Waals surface area contributed by atoms with Crippen LogP contribution in [0.3, 0.4) is 0 Å². The van der Waals surface area contributed by atoms with E-state index in [0.717, 1.165) is 31.0 Å². The lowest BCUT2D eigenvalue weighted by Gasteiger charge is -2.11. The molecule has 0 spiro atoms. The van der Waals surface area contributed by atoms with E-state index in [9.17, 15) is 4.79 Å². The third-order valence-electron chi connectivity index (χ3n) is 4.42. The second-order valence-electron chi connectivity index (χ2n) is 6.17. The lowest BCUT2D eigenvalue weighted by molar-refractivity contribution is 0.0952. The third kappa shape index (κ3) is 3.84. The van der Waals surface area contributed by atoms with E-state index in [1.165, 1.54) is 0 Å². The van der Waals surface area contributed by atoms with Crippen LogP contribution in [-0.4, -0.2) is 20.7 Å². The van der Waals surface area contributed by atoms with Crippen molar-refractivity contribution in [1.29, 1.82) is 0 Å². The molecule has 136 valence electrons. The normalized spacial score (nSPS) is 11.0. The maximum atomic E-state index is 12.7. The molecule has 1 amide bonds. The van der Waals surface area contributed by atoms with Gasteiger partial charge < -0.3 is 10.3 Å². The van der Waals surface area contributed by atoms with Crippen molar-refractivity contribution in [2.24, 2.45) is 0 Å². The van der Waals surface area contributed by atoms with Crippen molar-refractivity contribution in [3.63, 3.8) is 0 Å². The number of carbonyl (C=O) groups excluding carboxylic acids is 1. The Balaban J connectivity index is 1.53. The van der Waals surface area contributed by atoms with Crippen LogP contribution < -0.4 is 5.32 Å². The van der Waals surface area contributed by atoms with Gasteiger partial charge in [-0.1, -0.05) is 24.3 Å². The molecule has 2 aromatic heterocycles. The summed E-state index contributed by atoms with van der Waals surface area (Å²) in [6, 6.07) is 13.9. The summed E-state index contributed by atoms with van der Waals surface area (Å²) in [6.07, 6.45) is 5.43. The summed E-state index contributed by atoms with van der Waals surface area (Å²) in [4.78, 5) is 15.9. The van der Waals surface area contributed by atoms with Crippen molar-refractivity contribution in [3.8, 4) is 0 Å². The fourth-order valence-electron chi connectivity index (χ4n) is 3.03. The number of amides is 1. The zero-order chi connectivity index (χ0) is 18.8. The zero-order valence-electron chi connectivity index (χ0n) is 14.2. The fraction of sp³-hybridized carbons (Fsp3) is 0.100. The van der Waals surface area contributed by atoms with Gasteiger partial charge in [0, 0.05) is 45.0 Å². The molecule has 7 heteroatoms. The Kier molecular flexibility index (Phi) is 5.13. The molecule has 27 heavy (non-hydrogen) atoms. The van der Waals surface area contributed by atoms with Gasteiger partial charge >= 0.3 is 0 Å². The summed E-state index contributed by atoms with van der Waals surface area (Å²) in [6.45, 7) is 1.13. The van der Waals surface area contributed by atoms with Crippen LogP contribution in [-0.2, 0) is 13.1 Å². The number of aromatic amines is 1. The number of benzene rings is 2. The molecule has 4 rings (SSSR count). The van der Waals surface area contributed by atoms with Crippen molar-refractivity contribution in [1.82, 2.24) is 20.1 Å². The monoisotopic (exact) mass is 486 g/mol. The minimum absolute atomic E-state index is 0.107. The number of nitrogens with one attached hydrogen (secondary N) is 2. The van der Waals surface area contributed by atoms with Gasteiger partial charge in [0.05, 0.1) is 12.1 Å². The van der Waals surface area contributed by atoms with Gasteiger partial charge in [0.25, 0.3) is 5.91 Å². The topological polar surface area (TPSA) is 62.7 Å². The average molecular weight is 488 g/mol. The average Bonchev–Trinajstić information content (AvgIpc) is 3.31. The van der Waals surface area contributed by atoms with Crippen LogP contribution in [0.5, 0.6) is 0 Å². The predicted molar refractivity (Wildman–Crippen MR) is 113 cm³/mol. The Labute approximate surface area is 173 Å². The maximum absolute atomic E-state index is 12.7. The Morgan fingerprint density at radius 3 is 2.67 bits per heavy atom. The Morgan fingerprint density at radius 2 is 1.89 bits per heavy atom. The summed E-state index contributed by atoms with van der Waals surface area (Å²) in [7, 11) is 0. The van der Waals surface area contributed by atoms with Crippen LogP contribution in [0.15, 0.2) is 70.0 Å². The van der Waals surface area contributed by atoms with Gasteiger partial charge in [-0.15, -0.1) is 0 Å². The van der Waals surface area contributed by atoms with Crippen molar-refractivity contribution in [3.05, 3.63) is 86.7 Å². The van der Waals surface area contributed by atoms with Crippen LogP contribution in [0.2, 0.25) is 0 Å². The van der Waals surface area contributed by atoms with E-state index in [2.05, 4.69) is 53.3 Å². The van der Waals surface area contributed by atoms with Gasteiger partial charge in [-0.3, -0.25) is 9.48 Å². The highest BCUT2D eigenvalue weighted by molar-refractivity contribution is 9.13. The van der Waals surface area contributed by atoms with E-state index in [-0.39, 0.29) is 5.91 Å². The minimum atomic E-state index is -0.107. The molecule has 0 aliphatic heterocycles. The van der Waals surface area contributed by atoms with Crippen LogP contribution in [0.25, 0.3) is 10.9 Å². The van der Waals surface area contributed by atoms with E-state index in [1.54, 1.807) is 12.4 Å². The van der Waals surface area contributed by atoms with Gasteiger partial charge in [0.1, 0.15) is 0 Å². The molecule has 5 nitrogen and oxygen atoms in total. The first-order valence-electron chi connectivity index (χ1n) is 8.40. The zero-order valence-corrected chi connectivity index (χ0v) is 17.4. The summed E-state index contributed by atoms with van der Waals surface area (Å²) < 4.78 is 3.72. The number of hydrogen-bond acceptors (Lipinski definition) is 2. The molecule has 2 aromatic carbocycles. The summed E-state index contributed by atoms with van der Waals surface area (Å²) in [5, 5.41) is 8.17. The lowest BCUT2D eigenvalue weighted by Crippen LogP contribution is -2.23. The molecule has 0 saturated carbocycles. The molecule has 2 N–H and O–H groups in total. The molecule has 0 bridgehead atoms. The third-order valence-corrected chi connectivity index (χ3v) is 6.26. The van der Waals surface area contributed by atoms with Crippen molar-refractivity contribution in [2.45, 2.75) is 13.1 Å². The first-order valence-corrected chi connectivity index (χ1v) is 9.99. The Bertz CT molecular complexity index is 1100. The molecule has 0 aliphatic rings. The Morgan fingerprint density at radius 1 is 1.11 bits per heavy atom. The largest absolute Gasteiger partial charge is 0.360 e. The molecular weight excluding hydrogens is 472 g/mol. The highest BCUT2D eigenvalue weighted by Gasteiger charge is 2.14. The van der Waals surface area contributed by atoms with Gasteiger partial charge in [-0.05, 0) is 61.2 Å². The molecule has 0 unspecified atom stereocenters. The van der Waals surface area contributed by atoms with Crippen LogP contribution in [0, 0.1) is 0 Å². The number of hydrogen-bond donors (Lipinski definition) is 2. The predicted octanol–water partition coefficient (Wildman–Crippen LogP) is 4.87. The van der Waals surface area contributed by atoms with Crippen LogP contribution >= 0.6 is 31.9 Å². The molecule has 0 atom stereocenters. The van der Waals surface area contributed by atoms with E-state index in [4.69, 9.17) is 0 Å². The van der Waals surface area contributed by atoms with Crippen molar-refractivity contribution >= 4 is 48.7 Å². The van der Waals surface area contributed by atoms with Crippen LogP contribution in [0.4, 0.5) is 0 Å². The smallest absolute Gasteiger partial charge is 0.253 e. The highest BCUT2D eigenvalue weighted by Crippen LogP contribution is 2.30. The molecule has 0 saturated heterocycles. The lowest BCUT2D eigenvalue weighted by atomic mass is 10.1. The summed E-state index contributed by atoms with van der Waals surface area (Å²) in [5.74, 6) is -0.107. The van der Waals surface area contributed by atoms with Gasteiger partial charge in [-0.2, -0.15) is 5.10 Å². The standard InChI is InChI=1S/C20H16Br2N4O/c21-17-8-15-16(11-23-19(15)9-18(17)22)20(27)24-10-13-4-1-2-5-14(13)12-26-7-3-6-25-26/h1-9,11,23H,10,12H2,(H,24,27). The fourth-order valence-corrected chi connectivity index (χ4v) is 3.71. The van der Waals surface area contributed by atoms with Crippen molar-refractivity contribution < 1.29 is 4.79 Å². The Hall–Kier alpha value is -2.38. The number of fused-ring (bicyclic) bond motifs is 1. The molecule has 4 aromatic rings. The van der Waals surface area contributed by atoms with E-state index in [1.807, 2.05) is 47.3 Å². The van der Waals surface area contributed by atoms with Crippen molar-refractivity contribution in [2.75, 3.05) is 0 Å². The quantitative estimate of drug-likeness (QED) is 0.422. The number of H-pyrrole nitrogens is 1. The number of carbonyl (C=O) groups is 1. The van der Waals surface area contributed by atoms with Gasteiger partial charge in [0.15, 0.2) is 0 Å². The van der Waals surface area contributed by atoms with E-state index >= 15 is 0 Å². The molecule has 0 fully saturated rings. The molecule has 0 radical (unpaired) electrons. The number of aromatic nitrogens is 3. The highest BCUT2D eigenvalue weighted by atomic mass is 79.9. The van der Waals surface area contributed by atoms with Crippen LogP contribution in [0.1, 0.15) is 21.5 Å². The molecule has 2 heterocycles. The molecular formula is C20H16Br2N4O. The summed E-state index contributed by atoms with van der Waals surface area (Å²) >= 11 is 6.98. The van der Waals surface area contributed by atoms with E-state index < -0.39 is 0 Å². The SMILES string of the molecule is O=C(NCc1ccccc1Cn1cccn1)c1c[nH]c2cc(Br)c(Br)cc12. The number of nitrogens with zero attached hydrogens (tertiary/aromatic N) is 2.